The van der Waals surface area contributed by atoms with Gasteiger partial charge >= 0.3 is 6.03 Å². The molecule has 0 aromatic carbocycles. The number of imidazole rings is 1. The summed E-state index contributed by atoms with van der Waals surface area (Å²) in [5, 5.41) is 32.8. The van der Waals surface area contributed by atoms with Gasteiger partial charge < -0.3 is 36.1 Å². The van der Waals surface area contributed by atoms with E-state index in [4.69, 9.17) is 15.6 Å². The molecule has 2 heterocycles. The van der Waals surface area contributed by atoms with Crippen molar-refractivity contribution in [3.63, 3.8) is 0 Å². The molecule has 1 aliphatic heterocycles. The number of nitrogens with two attached hydrogens (primary N) is 1. The number of aliphatic imine (C=N–C) groups is 1. The smallest absolute Gasteiger partial charge is 0.323 e. The molecule has 1 aromatic heterocycles. The van der Waals surface area contributed by atoms with Crippen molar-refractivity contribution in [2.75, 3.05) is 13.2 Å². The third kappa shape index (κ3) is 4.63. The molecular formula is C12H20N6O5. The van der Waals surface area contributed by atoms with Gasteiger partial charge in [0.1, 0.15) is 18.3 Å². The van der Waals surface area contributed by atoms with Crippen LogP contribution >= 0.6 is 0 Å². The van der Waals surface area contributed by atoms with E-state index in [0.717, 1.165) is 5.69 Å². The van der Waals surface area contributed by atoms with Crippen LogP contribution in [0.2, 0.25) is 0 Å². The quantitative estimate of drug-likeness (QED) is 0.222. The fourth-order valence-electron chi connectivity index (χ4n) is 2.06. The average molecular weight is 328 g/mol. The Morgan fingerprint density at radius 3 is 2.87 bits per heavy atom. The largest absolute Gasteiger partial charge is 0.394 e. The van der Waals surface area contributed by atoms with Crippen molar-refractivity contribution in [3.05, 3.63) is 18.2 Å². The van der Waals surface area contributed by atoms with Gasteiger partial charge in [-0.2, -0.15) is 0 Å². The summed E-state index contributed by atoms with van der Waals surface area (Å²) >= 11 is 0. The van der Waals surface area contributed by atoms with Gasteiger partial charge in [-0.25, -0.2) is 9.78 Å². The first-order chi connectivity index (χ1) is 11.0. The lowest BCUT2D eigenvalue weighted by Crippen LogP contribution is -2.51. The van der Waals surface area contributed by atoms with E-state index >= 15 is 0 Å². The molecule has 0 aliphatic carbocycles. The van der Waals surface area contributed by atoms with Crippen molar-refractivity contribution in [2.45, 2.75) is 31.0 Å². The molecule has 0 unspecified atom stereocenters. The zero-order valence-electron chi connectivity index (χ0n) is 12.2. The fourth-order valence-corrected chi connectivity index (χ4v) is 2.06. The fraction of sp³-hybridized carbons (Fsp3) is 0.583. The van der Waals surface area contributed by atoms with Gasteiger partial charge in [0.15, 0.2) is 12.2 Å². The number of carbonyl (C=O) groups excluding carboxylic acids is 1. The number of aromatic nitrogens is 2. The summed E-state index contributed by atoms with van der Waals surface area (Å²) in [6, 6.07) is -0.748. The van der Waals surface area contributed by atoms with Crippen LogP contribution in [0.3, 0.4) is 0 Å². The summed E-state index contributed by atoms with van der Waals surface area (Å²) in [5.41, 5.74) is 6.45. The second kappa shape index (κ2) is 7.87. The molecule has 1 aliphatic rings. The van der Waals surface area contributed by atoms with Crippen LogP contribution in [0.25, 0.3) is 0 Å². The Bertz CT molecular complexity index is 536. The predicted octanol–water partition coefficient (Wildman–Crippen LogP) is -2.99. The van der Waals surface area contributed by atoms with E-state index in [9.17, 15) is 15.0 Å². The molecule has 0 saturated carbocycles. The van der Waals surface area contributed by atoms with E-state index < -0.39 is 37.2 Å². The van der Waals surface area contributed by atoms with Gasteiger partial charge in [0, 0.05) is 24.9 Å². The highest BCUT2D eigenvalue weighted by Crippen LogP contribution is 2.18. The summed E-state index contributed by atoms with van der Waals surface area (Å²) in [6.07, 6.45) is -0.959. The maximum atomic E-state index is 11.7. The molecular weight excluding hydrogens is 308 g/mol. The van der Waals surface area contributed by atoms with Gasteiger partial charge in [-0.15, -0.1) is 0 Å². The summed E-state index contributed by atoms with van der Waals surface area (Å²) in [6.45, 7) is -0.128. The lowest BCUT2D eigenvalue weighted by Gasteiger charge is -2.16. The number of hydrogen-bond donors (Lipinski definition) is 7. The Morgan fingerprint density at radius 2 is 2.26 bits per heavy atom. The number of aliphatic hydroxyl groups is 3. The van der Waals surface area contributed by atoms with Crippen LogP contribution in [-0.2, 0) is 11.2 Å². The Morgan fingerprint density at radius 1 is 1.48 bits per heavy atom. The minimum atomic E-state index is -1.35. The molecule has 0 spiro atoms. The standard InChI is InChI=1S/C12H20N6O5/c13-11(15-2-1-6-3-14-5-16-6)18-12(22)17-10-9(21)8(20)7(4-19)23-10/h3,5,7-10,19-21H,1-2,4H2,(H,14,16)(H4,13,15,17,18,22)/t7-,8-,9-,10-/m1/s1. The highest BCUT2D eigenvalue weighted by molar-refractivity contribution is 5.95. The monoisotopic (exact) mass is 328 g/mol. The number of aromatic amines is 1. The van der Waals surface area contributed by atoms with E-state index in [1.165, 1.54) is 0 Å². The molecule has 1 saturated heterocycles. The molecule has 11 heteroatoms. The lowest BCUT2D eigenvalue weighted by atomic mass is 10.1. The zero-order chi connectivity index (χ0) is 16.8. The van der Waals surface area contributed by atoms with Crippen LogP contribution in [0.1, 0.15) is 5.69 Å². The number of carbonyl (C=O) groups is 1. The summed E-state index contributed by atoms with van der Waals surface area (Å²) < 4.78 is 5.10. The number of nitrogens with zero attached hydrogens (tertiary/aromatic N) is 2. The third-order valence-corrected chi connectivity index (χ3v) is 3.28. The first-order valence-electron chi connectivity index (χ1n) is 6.98. The van der Waals surface area contributed by atoms with Crippen LogP contribution < -0.4 is 16.4 Å². The van der Waals surface area contributed by atoms with Crippen LogP contribution in [0.5, 0.6) is 0 Å². The minimum absolute atomic E-state index is 0.103. The van der Waals surface area contributed by atoms with Crippen molar-refractivity contribution < 1.29 is 24.9 Å². The molecule has 11 nitrogen and oxygen atoms in total. The Labute approximate surface area is 131 Å². The van der Waals surface area contributed by atoms with Gasteiger partial charge in [-0.1, -0.05) is 0 Å². The Balaban J connectivity index is 1.75. The maximum Gasteiger partial charge on any atom is 0.323 e. The van der Waals surface area contributed by atoms with Gasteiger partial charge in [-0.05, 0) is 0 Å². The number of aliphatic hydroxyl groups excluding tert-OH is 3. The van der Waals surface area contributed by atoms with E-state index in [-0.39, 0.29) is 5.96 Å². The molecule has 4 atom stereocenters. The van der Waals surface area contributed by atoms with Crippen LogP contribution in [-0.4, -0.2) is 75.0 Å². The van der Waals surface area contributed by atoms with Crippen LogP contribution in [0.4, 0.5) is 4.79 Å². The second-order valence-corrected chi connectivity index (χ2v) is 4.95. The van der Waals surface area contributed by atoms with E-state index in [2.05, 4.69) is 25.6 Å². The van der Waals surface area contributed by atoms with Crippen molar-refractivity contribution in [1.82, 2.24) is 20.6 Å². The number of nitrogens with one attached hydrogen (secondary N) is 3. The molecule has 8 N–H and O–H groups in total. The number of guanidine groups is 1. The highest BCUT2D eigenvalue weighted by atomic mass is 16.6. The number of amides is 2. The normalized spacial score (nSPS) is 27.9. The van der Waals surface area contributed by atoms with Gasteiger partial charge in [0.05, 0.1) is 12.9 Å². The zero-order valence-corrected chi connectivity index (χ0v) is 12.2. The van der Waals surface area contributed by atoms with Crippen LogP contribution in [0, 0.1) is 0 Å². The average Bonchev–Trinajstić information content (AvgIpc) is 3.11. The van der Waals surface area contributed by atoms with E-state index in [1.807, 2.05) is 0 Å². The first-order valence-corrected chi connectivity index (χ1v) is 6.98. The Kier molecular flexibility index (Phi) is 5.87. The maximum absolute atomic E-state index is 11.7. The van der Waals surface area contributed by atoms with Crippen molar-refractivity contribution >= 4 is 12.0 Å². The summed E-state index contributed by atoms with van der Waals surface area (Å²) in [5.74, 6) is -0.103. The molecule has 0 radical (unpaired) electrons. The topological polar surface area (TPSA) is 178 Å². The van der Waals surface area contributed by atoms with Crippen LogP contribution in [0.15, 0.2) is 17.5 Å². The second-order valence-electron chi connectivity index (χ2n) is 4.95. The molecule has 23 heavy (non-hydrogen) atoms. The van der Waals surface area contributed by atoms with Gasteiger partial charge in [0.25, 0.3) is 0 Å². The number of urea groups is 1. The first kappa shape index (κ1) is 17.1. The highest BCUT2D eigenvalue weighted by Gasteiger charge is 2.43. The lowest BCUT2D eigenvalue weighted by molar-refractivity contribution is -0.0283. The summed E-state index contributed by atoms with van der Waals surface area (Å²) in [7, 11) is 0. The predicted molar refractivity (Wildman–Crippen MR) is 78.2 cm³/mol. The third-order valence-electron chi connectivity index (χ3n) is 3.28. The Hall–Kier alpha value is -2.21. The molecule has 1 aromatic rings. The number of hydrogen-bond acceptors (Lipinski definition) is 7. The van der Waals surface area contributed by atoms with Gasteiger partial charge in [0.2, 0.25) is 0 Å². The van der Waals surface area contributed by atoms with Crippen molar-refractivity contribution in [1.29, 1.82) is 0 Å². The molecule has 2 amide bonds. The van der Waals surface area contributed by atoms with Gasteiger partial charge in [-0.3, -0.25) is 10.3 Å². The van der Waals surface area contributed by atoms with Crippen molar-refractivity contribution in [2.24, 2.45) is 10.7 Å². The molecule has 2 rings (SSSR count). The SMILES string of the molecule is NC(=NCCc1cnc[nH]1)NC(=O)N[C@@H]1O[C@H](CO)[C@@H](O)[C@H]1O. The number of H-pyrrole nitrogens is 1. The molecule has 128 valence electrons. The van der Waals surface area contributed by atoms with E-state index in [1.54, 1.807) is 12.5 Å². The number of rotatable bonds is 5. The van der Waals surface area contributed by atoms with E-state index in [0.29, 0.717) is 13.0 Å². The molecule has 1 fully saturated rings. The molecule has 0 bridgehead atoms. The number of ether oxygens (including phenoxy) is 1. The minimum Gasteiger partial charge on any atom is -0.394 e. The summed E-state index contributed by atoms with van der Waals surface area (Å²) in [4.78, 5) is 22.4. The van der Waals surface area contributed by atoms with Crippen molar-refractivity contribution in [3.8, 4) is 0 Å².